The highest BCUT2D eigenvalue weighted by Crippen LogP contribution is 2.11. The van der Waals surface area contributed by atoms with Crippen molar-refractivity contribution in [3.63, 3.8) is 0 Å². The Morgan fingerprint density at radius 1 is 1.33 bits per heavy atom. The van der Waals surface area contributed by atoms with Crippen LogP contribution in [0.4, 0.5) is 4.79 Å². The molecule has 0 radical (unpaired) electrons. The average molecular weight is 330 g/mol. The maximum absolute atomic E-state index is 12.3. The van der Waals surface area contributed by atoms with Crippen LogP contribution in [-0.2, 0) is 22.6 Å². The van der Waals surface area contributed by atoms with E-state index in [0.717, 1.165) is 17.2 Å². The Balaban J connectivity index is 1.53. The lowest BCUT2D eigenvalue weighted by Crippen LogP contribution is -2.47. The minimum absolute atomic E-state index is 0.108. The van der Waals surface area contributed by atoms with Crippen molar-refractivity contribution in [1.82, 2.24) is 19.7 Å². The van der Waals surface area contributed by atoms with Gasteiger partial charge >= 0.3 is 6.09 Å². The van der Waals surface area contributed by atoms with E-state index in [-0.39, 0.29) is 18.8 Å². The Labute approximate surface area is 141 Å². The van der Waals surface area contributed by atoms with E-state index in [1.54, 1.807) is 4.90 Å². The summed E-state index contributed by atoms with van der Waals surface area (Å²) in [5.41, 5.74) is 0.976. The minimum Gasteiger partial charge on any atom is -0.445 e. The Morgan fingerprint density at radius 3 is 2.83 bits per heavy atom. The van der Waals surface area contributed by atoms with Crippen LogP contribution in [0.5, 0.6) is 0 Å². The van der Waals surface area contributed by atoms with Crippen LogP contribution >= 0.6 is 0 Å². The van der Waals surface area contributed by atoms with Crippen molar-refractivity contribution in [3.8, 4) is 0 Å². The van der Waals surface area contributed by atoms with Gasteiger partial charge in [0, 0.05) is 6.54 Å². The van der Waals surface area contributed by atoms with Crippen molar-refractivity contribution in [2.24, 2.45) is 0 Å². The number of hydrogen-bond acceptors (Lipinski definition) is 5. The van der Waals surface area contributed by atoms with Crippen molar-refractivity contribution in [3.05, 3.63) is 47.5 Å². The Kier molecular flexibility index (Phi) is 5.10. The lowest BCUT2D eigenvalue weighted by atomic mass is 10.2. The Hall–Kier alpha value is -2.41. The van der Waals surface area contributed by atoms with E-state index in [1.165, 1.54) is 0 Å². The number of aromatic nitrogens is 3. The molecule has 1 saturated heterocycles. The van der Waals surface area contributed by atoms with E-state index in [0.29, 0.717) is 26.2 Å². The molecular formula is C17H22N4O3. The molecule has 1 aromatic carbocycles. The van der Waals surface area contributed by atoms with Crippen LogP contribution in [0.2, 0.25) is 0 Å². The predicted molar refractivity (Wildman–Crippen MR) is 87.4 cm³/mol. The summed E-state index contributed by atoms with van der Waals surface area (Å²) in [5.74, 6) is 1.59. The Bertz CT molecular complexity index is 686. The fraction of sp³-hybridized carbons (Fsp3) is 0.471. The summed E-state index contributed by atoms with van der Waals surface area (Å²) in [6, 6.07) is 9.66. The normalized spacial score (nSPS) is 17.8. The van der Waals surface area contributed by atoms with Gasteiger partial charge in [-0.1, -0.05) is 30.3 Å². The fourth-order valence-electron chi connectivity index (χ4n) is 2.73. The minimum atomic E-state index is -0.307. The molecular weight excluding hydrogens is 308 g/mol. The van der Waals surface area contributed by atoms with Crippen molar-refractivity contribution in [2.75, 3.05) is 19.7 Å². The van der Waals surface area contributed by atoms with E-state index in [1.807, 2.05) is 48.9 Å². The SMILES string of the molecule is Cc1nc(C)n(CC2CN(C(=O)OCc3ccccc3)CCO2)n1. The van der Waals surface area contributed by atoms with Gasteiger partial charge in [-0.2, -0.15) is 5.10 Å². The summed E-state index contributed by atoms with van der Waals surface area (Å²) in [5, 5.41) is 4.34. The first-order valence-corrected chi connectivity index (χ1v) is 8.07. The quantitative estimate of drug-likeness (QED) is 0.857. The van der Waals surface area contributed by atoms with Gasteiger partial charge in [0.25, 0.3) is 0 Å². The van der Waals surface area contributed by atoms with Gasteiger partial charge in [-0.25, -0.2) is 14.5 Å². The van der Waals surface area contributed by atoms with E-state index < -0.39 is 0 Å². The predicted octanol–water partition coefficient (Wildman–Crippen LogP) is 1.93. The first-order valence-electron chi connectivity index (χ1n) is 8.07. The number of hydrogen-bond donors (Lipinski definition) is 0. The molecule has 1 atom stereocenters. The lowest BCUT2D eigenvalue weighted by molar-refractivity contribution is -0.0366. The van der Waals surface area contributed by atoms with Crippen LogP contribution < -0.4 is 0 Å². The zero-order chi connectivity index (χ0) is 16.9. The summed E-state index contributed by atoms with van der Waals surface area (Å²) in [7, 11) is 0. The molecule has 1 aromatic heterocycles. The van der Waals surface area contributed by atoms with Gasteiger partial charge in [0.1, 0.15) is 18.3 Å². The summed E-state index contributed by atoms with van der Waals surface area (Å²) in [4.78, 5) is 18.2. The molecule has 7 nitrogen and oxygen atoms in total. The molecule has 0 aliphatic carbocycles. The third-order valence-corrected chi connectivity index (χ3v) is 3.94. The van der Waals surface area contributed by atoms with Crippen molar-refractivity contribution < 1.29 is 14.3 Å². The number of morpholine rings is 1. The highest BCUT2D eigenvalue weighted by atomic mass is 16.6. The van der Waals surface area contributed by atoms with Crippen LogP contribution in [0.15, 0.2) is 30.3 Å². The van der Waals surface area contributed by atoms with Gasteiger partial charge in [-0.05, 0) is 19.4 Å². The molecule has 0 bridgehead atoms. The van der Waals surface area contributed by atoms with E-state index >= 15 is 0 Å². The smallest absolute Gasteiger partial charge is 0.410 e. The van der Waals surface area contributed by atoms with Gasteiger partial charge in [-0.15, -0.1) is 0 Å². The van der Waals surface area contributed by atoms with Crippen LogP contribution in [0.3, 0.4) is 0 Å². The summed E-state index contributed by atoms with van der Waals surface area (Å²) in [6.45, 7) is 6.16. The number of ether oxygens (including phenoxy) is 2. The average Bonchev–Trinajstić information content (AvgIpc) is 2.91. The van der Waals surface area contributed by atoms with Gasteiger partial charge in [-0.3, -0.25) is 0 Å². The van der Waals surface area contributed by atoms with Gasteiger partial charge in [0.2, 0.25) is 0 Å². The number of benzene rings is 1. The number of rotatable bonds is 4. The number of carbonyl (C=O) groups is 1. The van der Waals surface area contributed by atoms with E-state index in [2.05, 4.69) is 10.1 Å². The molecule has 2 aromatic rings. The largest absolute Gasteiger partial charge is 0.445 e. The fourth-order valence-corrected chi connectivity index (χ4v) is 2.73. The maximum Gasteiger partial charge on any atom is 0.410 e. The summed E-state index contributed by atoms with van der Waals surface area (Å²) in [6.07, 6.45) is -0.415. The molecule has 7 heteroatoms. The second-order valence-corrected chi connectivity index (χ2v) is 5.87. The molecule has 1 fully saturated rings. The number of aryl methyl sites for hydroxylation is 2. The van der Waals surface area contributed by atoms with Crippen LogP contribution in [0.1, 0.15) is 17.2 Å². The zero-order valence-corrected chi connectivity index (χ0v) is 14.0. The van der Waals surface area contributed by atoms with Crippen LogP contribution in [0, 0.1) is 13.8 Å². The van der Waals surface area contributed by atoms with Crippen molar-refractivity contribution in [1.29, 1.82) is 0 Å². The number of amides is 1. The topological polar surface area (TPSA) is 69.5 Å². The van der Waals surface area contributed by atoms with E-state index in [9.17, 15) is 4.79 Å². The van der Waals surface area contributed by atoms with E-state index in [4.69, 9.17) is 9.47 Å². The molecule has 0 saturated carbocycles. The molecule has 3 rings (SSSR count). The lowest BCUT2D eigenvalue weighted by Gasteiger charge is -2.32. The second-order valence-electron chi connectivity index (χ2n) is 5.87. The Morgan fingerprint density at radius 2 is 2.12 bits per heavy atom. The maximum atomic E-state index is 12.3. The highest BCUT2D eigenvalue weighted by molar-refractivity contribution is 5.67. The molecule has 1 unspecified atom stereocenters. The number of nitrogens with zero attached hydrogens (tertiary/aromatic N) is 4. The van der Waals surface area contributed by atoms with Crippen LogP contribution in [-0.4, -0.2) is 51.6 Å². The first kappa shape index (κ1) is 16.4. The summed E-state index contributed by atoms with van der Waals surface area (Å²) < 4.78 is 13.0. The third kappa shape index (κ3) is 4.11. The first-order chi connectivity index (χ1) is 11.6. The second kappa shape index (κ2) is 7.44. The molecule has 2 heterocycles. The molecule has 24 heavy (non-hydrogen) atoms. The van der Waals surface area contributed by atoms with Crippen molar-refractivity contribution in [2.45, 2.75) is 33.1 Å². The third-order valence-electron chi connectivity index (χ3n) is 3.94. The molecule has 0 spiro atoms. The van der Waals surface area contributed by atoms with Gasteiger partial charge < -0.3 is 14.4 Å². The van der Waals surface area contributed by atoms with Gasteiger partial charge in [0.05, 0.1) is 25.8 Å². The molecule has 0 N–H and O–H groups in total. The molecule has 1 aliphatic heterocycles. The monoisotopic (exact) mass is 330 g/mol. The van der Waals surface area contributed by atoms with Crippen molar-refractivity contribution >= 4 is 6.09 Å². The van der Waals surface area contributed by atoms with Gasteiger partial charge in [0.15, 0.2) is 0 Å². The zero-order valence-electron chi connectivity index (χ0n) is 14.0. The summed E-state index contributed by atoms with van der Waals surface area (Å²) >= 11 is 0. The molecule has 1 aliphatic rings. The molecule has 128 valence electrons. The highest BCUT2D eigenvalue weighted by Gasteiger charge is 2.26. The molecule has 1 amide bonds. The standard InChI is InChI=1S/C17H22N4O3/c1-13-18-14(2)21(19-13)11-16-10-20(8-9-23-16)17(22)24-12-15-6-4-3-5-7-15/h3-7,16H,8-12H2,1-2H3. The van der Waals surface area contributed by atoms with Crippen LogP contribution in [0.25, 0.3) is 0 Å². The number of carbonyl (C=O) groups excluding carboxylic acids is 1.